The van der Waals surface area contributed by atoms with E-state index in [1.54, 1.807) is 18.4 Å². The summed E-state index contributed by atoms with van der Waals surface area (Å²) in [5.41, 5.74) is 0. The second-order valence-corrected chi connectivity index (χ2v) is 4.58. The summed E-state index contributed by atoms with van der Waals surface area (Å²) in [7, 11) is 1.72. The fourth-order valence-corrected chi connectivity index (χ4v) is 1.95. The number of aliphatic imine (C=N–C) groups is 1. The zero-order valence-corrected chi connectivity index (χ0v) is 14.1. The molecule has 0 fully saturated rings. The maximum Gasteiger partial charge on any atom is 0.191 e. The largest absolute Gasteiger partial charge is 0.385 e. The lowest BCUT2D eigenvalue weighted by atomic mass is 10.4. The van der Waals surface area contributed by atoms with Crippen molar-refractivity contribution in [2.45, 2.75) is 19.9 Å². The zero-order chi connectivity index (χ0) is 12.3. The van der Waals surface area contributed by atoms with Crippen LogP contribution in [0.1, 0.15) is 18.2 Å². The molecule has 0 saturated heterocycles. The van der Waals surface area contributed by atoms with E-state index in [1.165, 1.54) is 4.88 Å². The summed E-state index contributed by atoms with van der Waals surface area (Å²) in [4.78, 5) is 5.79. The van der Waals surface area contributed by atoms with E-state index >= 15 is 0 Å². The lowest BCUT2D eigenvalue weighted by molar-refractivity contribution is 0.195. The number of hydrogen-bond donors (Lipinski definition) is 2. The van der Waals surface area contributed by atoms with E-state index in [2.05, 4.69) is 40.1 Å². The van der Waals surface area contributed by atoms with Crippen LogP contribution in [0.25, 0.3) is 0 Å². The molecule has 0 amide bonds. The zero-order valence-electron chi connectivity index (χ0n) is 10.9. The fraction of sp³-hybridized carbons (Fsp3) is 0.583. The van der Waals surface area contributed by atoms with E-state index in [4.69, 9.17) is 4.74 Å². The summed E-state index contributed by atoms with van der Waals surface area (Å²) < 4.78 is 5.00. The van der Waals surface area contributed by atoms with Crippen molar-refractivity contribution < 1.29 is 4.74 Å². The summed E-state index contributed by atoms with van der Waals surface area (Å²) in [6.07, 6.45) is 0.986. The van der Waals surface area contributed by atoms with Crippen LogP contribution in [0, 0.1) is 0 Å². The van der Waals surface area contributed by atoms with Crippen LogP contribution in [0.4, 0.5) is 0 Å². The SMILES string of the molecule is CCNC(=NCc1cccs1)NCCCOC.I. The number of ether oxygens (including phenoxy) is 1. The minimum atomic E-state index is 0. The highest BCUT2D eigenvalue weighted by atomic mass is 127. The minimum absolute atomic E-state index is 0. The van der Waals surface area contributed by atoms with Gasteiger partial charge in [-0.15, -0.1) is 35.3 Å². The third-order valence-electron chi connectivity index (χ3n) is 2.14. The third kappa shape index (κ3) is 7.88. The van der Waals surface area contributed by atoms with Gasteiger partial charge in [0.05, 0.1) is 6.54 Å². The molecule has 0 unspecified atom stereocenters. The Kier molecular flexibility index (Phi) is 11.5. The maximum absolute atomic E-state index is 5.00. The van der Waals surface area contributed by atoms with Gasteiger partial charge in [0.15, 0.2) is 5.96 Å². The molecule has 104 valence electrons. The first-order valence-electron chi connectivity index (χ1n) is 5.90. The summed E-state index contributed by atoms with van der Waals surface area (Å²) in [5, 5.41) is 8.58. The molecule has 18 heavy (non-hydrogen) atoms. The van der Waals surface area contributed by atoms with Crippen LogP contribution in [-0.4, -0.2) is 32.8 Å². The molecule has 4 nitrogen and oxygen atoms in total. The molecule has 0 radical (unpaired) electrons. The third-order valence-corrected chi connectivity index (χ3v) is 3.00. The first kappa shape index (κ1) is 17.7. The predicted molar refractivity (Wildman–Crippen MR) is 89.0 cm³/mol. The van der Waals surface area contributed by atoms with Crippen molar-refractivity contribution in [3.63, 3.8) is 0 Å². The van der Waals surface area contributed by atoms with Gasteiger partial charge in [-0.1, -0.05) is 6.07 Å². The van der Waals surface area contributed by atoms with Gasteiger partial charge in [0.25, 0.3) is 0 Å². The first-order chi connectivity index (χ1) is 8.36. The lowest BCUT2D eigenvalue weighted by Crippen LogP contribution is -2.38. The van der Waals surface area contributed by atoms with Crippen LogP contribution in [-0.2, 0) is 11.3 Å². The van der Waals surface area contributed by atoms with Gasteiger partial charge in [0.1, 0.15) is 0 Å². The van der Waals surface area contributed by atoms with Crippen molar-refractivity contribution in [1.29, 1.82) is 0 Å². The molecule has 0 bridgehead atoms. The standard InChI is InChI=1S/C12H21N3OS.HI/c1-3-13-12(14-7-5-8-16-2)15-10-11-6-4-9-17-11;/h4,6,9H,3,5,7-8,10H2,1-2H3,(H2,13,14,15);1H. The predicted octanol–water partition coefficient (Wildman–Crippen LogP) is 2.46. The van der Waals surface area contributed by atoms with Crippen LogP contribution in [0.3, 0.4) is 0 Å². The van der Waals surface area contributed by atoms with Crippen molar-refractivity contribution in [1.82, 2.24) is 10.6 Å². The molecule has 0 atom stereocenters. The first-order valence-corrected chi connectivity index (χ1v) is 6.78. The van der Waals surface area contributed by atoms with Gasteiger partial charge in [-0.05, 0) is 24.8 Å². The van der Waals surface area contributed by atoms with Crippen LogP contribution >= 0.6 is 35.3 Å². The number of nitrogens with one attached hydrogen (secondary N) is 2. The molecule has 0 saturated carbocycles. The second-order valence-electron chi connectivity index (χ2n) is 3.55. The molecule has 0 aliphatic heterocycles. The number of hydrogen-bond acceptors (Lipinski definition) is 3. The molecule has 0 aromatic carbocycles. The molecule has 1 aromatic heterocycles. The monoisotopic (exact) mass is 383 g/mol. The molecular formula is C12H22IN3OS. The molecule has 1 aromatic rings. The number of thiophene rings is 1. The molecule has 1 rings (SSSR count). The van der Waals surface area contributed by atoms with Crippen LogP contribution in [0.2, 0.25) is 0 Å². The molecular weight excluding hydrogens is 361 g/mol. The van der Waals surface area contributed by atoms with Crippen molar-refractivity contribution >= 4 is 41.3 Å². The molecule has 0 aliphatic rings. The molecule has 1 heterocycles. The second kappa shape index (κ2) is 11.7. The Morgan fingerprint density at radius 2 is 2.28 bits per heavy atom. The maximum atomic E-state index is 5.00. The highest BCUT2D eigenvalue weighted by molar-refractivity contribution is 14.0. The Morgan fingerprint density at radius 3 is 2.89 bits per heavy atom. The average Bonchev–Trinajstić information content (AvgIpc) is 2.84. The Hall–Kier alpha value is -0.340. The number of halogens is 1. The Bertz CT molecular complexity index is 317. The topological polar surface area (TPSA) is 45.7 Å². The minimum Gasteiger partial charge on any atom is -0.385 e. The molecule has 0 aliphatic carbocycles. The quantitative estimate of drug-likeness (QED) is 0.329. The van der Waals surface area contributed by atoms with Gasteiger partial charge in [-0.25, -0.2) is 4.99 Å². The smallest absolute Gasteiger partial charge is 0.191 e. The van der Waals surface area contributed by atoms with Gasteiger partial charge in [0, 0.05) is 31.7 Å². The van der Waals surface area contributed by atoms with Crippen molar-refractivity contribution in [2.75, 3.05) is 26.8 Å². The van der Waals surface area contributed by atoms with Gasteiger partial charge in [0.2, 0.25) is 0 Å². The molecule has 2 N–H and O–H groups in total. The van der Waals surface area contributed by atoms with E-state index in [0.717, 1.165) is 38.6 Å². The van der Waals surface area contributed by atoms with E-state index in [0.29, 0.717) is 0 Å². The summed E-state index contributed by atoms with van der Waals surface area (Å²) >= 11 is 1.73. The number of nitrogens with zero attached hydrogens (tertiary/aromatic N) is 1. The van der Waals surface area contributed by atoms with Gasteiger partial charge < -0.3 is 15.4 Å². The normalized spacial score (nSPS) is 10.9. The Morgan fingerprint density at radius 1 is 1.44 bits per heavy atom. The fourth-order valence-electron chi connectivity index (χ4n) is 1.32. The molecule has 0 spiro atoms. The van der Waals surface area contributed by atoms with E-state index in [1.807, 2.05) is 0 Å². The van der Waals surface area contributed by atoms with Crippen LogP contribution in [0.15, 0.2) is 22.5 Å². The highest BCUT2D eigenvalue weighted by Gasteiger charge is 1.97. The highest BCUT2D eigenvalue weighted by Crippen LogP contribution is 2.09. The van der Waals surface area contributed by atoms with Crippen molar-refractivity contribution in [2.24, 2.45) is 4.99 Å². The molecule has 6 heteroatoms. The van der Waals surface area contributed by atoms with Crippen LogP contribution < -0.4 is 10.6 Å². The summed E-state index contributed by atoms with van der Waals surface area (Å²) in [5.74, 6) is 0.872. The van der Waals surface area contributed by atoms with Crippen molar-refractivity contribution in [3.05, 3.63) is 22.4 Å². The number of methoxy groups -OCH3 is 1. The summed E-state index contributed by atoms with van der Waals surface area (Å²) in [6, 6.07) is 4.15. The lowest BCUT2D eigenvalue weighted by Gasteiger charge is -2.10. The summed E-state index contributed by atoms with van der Waals surface area (Å²) in [6.45, 7) is 5.33. The van der Waals surface area contributed by atoms with Crippen molar-refractivity contribution in [3.8, 4) is 0 Å². The number of rotatable bonds is 7. The van der Waals surface area contributed by atoms with E-state index in [-0.39, 0.29) is 24.0 Å². The van der Waals surface area contributed by atoms with Gasteiger partial charge in [-0.3, -0.25) is 0 Å². The van der Waals surface area contributed by atoms with E-state index in [9.17, 15) is 0 Å². The van der Waals surface area contributed by atoms with Gasteiger partial charge >= 0.3 is 0 Å². The average molecular weight is 383 g/mol. The van der Waals surface area contributed by atoms with E-state index < -0.39 is 0 Å². The number of guanidine groups is 1. The van der Waals surface area contributed by atoms with Crippen LogP contribution in [0.5, 0.6) is 0 Å². The Balaban J connectivity index is 0.00000289. The Labute approximate surface area is 130 Å². The van der Waals surface area contributed by atoms with Gasteiger partial charge in [-0.2, -0.15) is 0 Å².